The zero-order chi connectivity index (χ0) is 19.5. The van der Waals surface area contributed by atoms with Gasteiger partial charge in [-0.1, -0.05) is 54.9 Å². The zero-order valence-corrected chi connectivity index (χ0v) is 16.4. The van der Waals surface area contributed by atoms with Gasteiger partial charge < -0.3 is 9.42 Å². The Morgan fingerprint density at radius 3 is 2.68 bits per heavy atom. The molecule has 4 rings (SSSR count). The number of carbonyl (C=O) groups excluding carboxylic acids is 1. The molecule has 0 saturated carbocycles. The molecule has 0 spiro atoms. The molecule has 0 bridgehead atoms. The van der Waals surface area contributed by atoms with Crippen LogP contribution in [-0.2, 0) is 11.2 Å². The minimum atomic E-state index is -0.0717. The lowest BCUT2D eigenvalue weighted by molar-refractivity contribution is -0.117. The highest BCUT2D eigenvalue weighted by Crippen LogP contribution is 2.32. The molecular weight excluding hydrogens is 350 g/mol. The first kappa shape index (κ1) is 18.4. The summed E-state index contributed by atoms with van der Waals surface area (Å²) in [6, 6.07) is 16.3. The van der Waals surface area contributed by atoms with Crippen LogP contribution in [0.2, 0.25) is 0 Å². The third kappa shape index (κ3) is 3.70. The molecule has 5 heteroatoms. The van der Waals surface area contributed by atoms with Crippen LogP contribution in [0.25, 0.3) is 11.4 Å². The molecule has 0 N–H and O–H groups in total. The molecule has 1 atom stereocenters. The molecule has 0 aliphatic carbocycles. The summed E-state index contributed by atoms with van der Waals surface area (Å²) in [6.07, 6.45) is 3.84. The highest BCUT2D eigenvalue weighted by Gasteiger charge is 2.35. The number of benzene rings is 2. The number of amides is 1. The Morgan fingerprint density at radius 1 is 1.14 bits per heavy atom. The van der Waals surface area contributed by atoms with E-state index in [4.69, 9.17) is 4.52 Å². The number of unbranched alkanes of at least 4 members (excludes halogenated alkanes) is 1. The van der Waals surface area contributed by atoms with Crippen LogP contribution < -0.4 is 4.90 Å². The molecule has 3 aromatic rings. The van der Waals surface area contributed by atoms with E-state index in [0.717, 1.165) is 23.2 Å². The number of aryl methyl sites for hydroxylation is 2. The monoisotopic (exact) mass is 375 g/mol. The fourth-order valence-electron chi connectivity index (χ4n) is 3.68. The third-order valence-corrected chi connectivity index (χ3v) is 5.37. The molecule has 1 aliphatic rings. The van der Waals surface area contributed by atoms with Crippen LogP contribution >= 0.6 is 0 Å². The number of nitrogens with zero attached hydrogens (tertiary/aromatic N) is 3. The minimum Gasteiger partial charge on any atom is -0.339 e. The van der Waals surface area contributed by atoms with Gasteiger partial charge in [0.1, 0.15) is 0 Å². The highest BCUT2D eigenvalue weighted by atomic mass is 16.5. The van der Waals surface area contributed by atoms with E-state index >= 15 is 0 Å². The summed E-state index contributed by atoms with van der Waals surface area (Å²) in [7, 11) is 0. The fraction of sp³-hybridized carbons (Fsp3) is 0.348. The van der Waals surface area contributed by atoms with Gasteiger partial charge in [-0.25, -0.2) is 0 Å². The summed E-state index contributed by atoms with van der Waals surface area (Å²) in [4.78, 5) is 19.0. The lowest BCUT2D eigenvalue weighted by Gasteiger charge is -2.16. The predicted octanol–water partition coefficient (Wildman–Crippen LogP) is 4.91. The first-order valence-corrected chi connectivity index (χ1v) is 9.94. The number of rotatable bonds is 6. The molecule has 1 aliphatic heterocycles. The van der Waals surface area contributed by atoms with Crippen molar-refractivity contribution in [3.8, 4) is 11.4 Å². The smallest absolute Gasteiger partial charge is 0.232 e. The first-order valence-electron chi connectivity index (χ1n) is 9.94. The summed E-state index contributed by atoms with van der Waals surface area (Å²) < 4.78 is 5.51. The van der Waals surface area contributed by atoms with Gasteiger partial charge in [0.2, 0.25) is 17.6 Å². The highest BCUT2D eigenvalue weighted by molar-refractivity contribution is 5.96. The topological polar surface area (TPSA) is 59.2 Å². The van der Waals surface area contributed by atoms with Crippen LogP contribution in [0.4, 0.5) is 5.69 Å². The van der Waals surface area contributed by atoms with Crippen molar-refractivity contribution in [2.24, 2.45) is 0 Å². The van der Waals surface area contributed by atoms with Crippen LogP contribution in [0.15, 0.2) is 53.1 Å². The summed E-state index contributed by atoms with van der Waals surface area (Å²) in [5.41, 5.74) is 4.31. The lowest BCUT2D eigenvalue weighted by Crippen LogP contribution is -2.24. The SMILES string of the molecule is CCCCc1ccc(N2CC(c3nc(-c4ccccc4C)no3)CC2=O)cc1. The van der Waals surface area contributed by atoms with Gasteiger partial charge in [0.15, 0.2) is 0 Å². The van der Waals surface area contributed by atoms with E-state index in [9.17, 15) is 4.79 Å². The van der Waals surface area contributed by atoms with Crippen molar-refractivity contribution in [3.05, 3.63) is 65.5 Å². The summed E-state index contributed by atoms with van der Waals surface area (Å²) in [5, 5.41) is 4.14. The molecule has 1 fully saturated rings. The molecular formula is C23H25N3O2. The van der Waals surface area contributed by atoms with Crippen LogP contribution in [-0.4, -0.2) is 22.6 Å². The largest absolute Gasteiger partial charge is 0.339 e. The fourth-order valence-corrected chi connectivity index (χ4v) is 3.68. The van der Waals surface area contributed by atoms with Crippen LogP contribution in [0.5, 0.6) is 0 Å². The van der Waals surface area contributed by atoms with E-state index in [-0.39, 0.29) is 11.8 Å². The maximum Gasteiger partial charge on any atom is 0.232 e. The van der Waals surface area contributed by atoms with Crippen molar-refractivity contribution in [1.29, 1.82) is 0 Å². The summed E-state index contributed by atoms with van der Waals surface area (Å²) in [6.45, 7) is 4.79. The molecule has 0 radical (unpaired) electrons. The van der Waals surface area contributed by atoms with Crippen LogP contribution in [0, 0.1) is 6.92 Å². The standard InChI is InChI=1S/C23H25N3O2/c1-3-4-8-17-10-12-19(13-11-17)26-15-18(14-21(26)27)23-24-22(25-28-23)20-9-6-5-7-16(20)2/h5-7,9-13,18H,3-4,8,14-15H2,1-2H3. The van der Waals surface area contributed by atoms with E-state index in [1.165, 1.54) is 18.4 Å². The predicted molar refractivity (Wildman–Crippen MR) is 109 cm³/mol. The van der Waals surface area contributed by atoms with Gasteiger partial charge in [-0.15, -0.1) is 0 Å². The van der Waals surface area contributed by atoms with E-state index < -0.39 is 0 Å². The molecule has 28 heavy (non-hydrogen) atoms. The Morgan fingerprint density at radius 2 is 1.93 bits per heavy atom. The summed E-state index contributed by atoms with van der Waals surface area (Å²) >= 11 is 0. The number of carbonyl (C=O) groups is 1. The average Bonchev–Trinajstić information content (AvgIpc) is 3.34. The lowest BCUT2D eigenvalue weighted by atomic mass is 10.1. The normalized spacial score (nSPS) is 16.7. The van der Waals surface area contributed by atoms with E-state index in [1.54, 1.807) is 0 Å². The van der Waals surface area contributed by atoms with Crippen molar-refractivity contribution in [2.45, 2.75) is 45.4 Å². The van der Waals surface area contributed by atoms with E-state index in [1.807, 2.05) is 48.2 Å². The van der Waals surface area contributed by atoms with Crippen molar-refractivity contribution >= 4 is 11.6 Å². The van der Waals surface area contributed by atoms with Gasteiger partial charge in [0.05, 0.1) is 5.92 Å². The summed E-state index contributed by atoms with van der Waals surface area (Å²) in [5.74, 6) is 1.15. The Hall–Kier alpha value is -2.95. The maximum atomic E-state index is 12.6. The van der Waals surface area contributed by atoms with Gasteiger partial charge in [-0.3, -0.25) is 4.79 Å². The van der Waals surface area contributed by atoms with Crippen molar-refractivity contribution in [2.75, 3.05) is 11.4 Å². The molecule has 1 unspecified atom stereocenters. The Balaban J connectivity index is 1.49. The van der Waals surface area contributed by atoms with Crippen molar-refractivity contribution in [3.63, 3.8) is 0 Å². The van der Waals surface area contributed by atoms with Crippen molar-refractivity contribution in [1.82, 2.24) is 10.1 Å². The molecule has 5 nitrogen and oxygen atoms in total. The van der Waals surface area contributed by atoms with E-state index in [0.29, 0.717) is 24.7 Å². The number of hydrogen-bond acceptors (Lipinski definition) is 4. The first-order chi connectivity index (χ1) is 13.7. The van der Waals surface area contributed by atoms with Gasteiger partial charge in [-0.05, 0) is 43.0 Å². The second kappa shape index (κ2) is 7.97. The van der Waals surface area contributed by atoms with Gasteiger partial charge in [0.25, 0.3) is 0 Å². The molecule has 1 aromatic heterocycles. The second-order valence-electron chi connectivity index (χ2n) is 7.45. The van der Waals surface area contributed by atoms with Gasteiger partial charge in [0, 0.05) is 24.2 Å². The molecule has 2 heterocycles. The van der Waals surface area contributed by atoms with Crippen molar-refractivity contribution < 1.29 is 9.32 Å². The Kier molecular flexibility index (Phi) is 5.24. The van der Waals surface area contributed by atoms with Crippen LogP contribution in [0.1, 0.15) is 49.1 Å². The number of anilines is 1. The number of aromatic nitrogens is 2. The Labute approximate surface area is 165 Å². The quantitative estimate of drug-likeness (QED) is 0.614. The second-order valence-corrected chi connectivity index (χ2v) is 7.45. The average molecular weight is 375 g/mol. The zero-order valence-electron chi connectivity index (χ0n) is 16.4. The van der Waals surface area contributed by atoms with Crippen LogP contribution in [0.3, 0.4) is 0 Å². The molecule has 1 saturated heterocycles. The molecule has 1 amide bonds. The third-order valence-electron chi connectivity index (χ3n) is 5.37. The van der Waals surface area contributed by atoms with Gasteiger partial charge >= 0.3 is 0 Å². The van der Waals surface area contributed by atoms with E-state index in [2.05, 4.69) is 29.2 Å². The molecule has 2 aromatic carbocycles. The minimum absolute atomic E-state index is 0.0717. The van der Waals surface area contributed by atoms with Gasteiger partial charge in [-0.2, -0.15) is 4.98 Å². The molecule has 144 valence electrons. The maximum absolute atomic E-state index is 12.6. The number of hydrogen-bond donors (Lipinski definition) is 0. The Bertz CT molecular complexity index is 962.